The lowest BCUT2D eigenvalue weighted by Gasteiger charge is -2.07. The van der Waals surface area contributed by atoms with Crippen molar-refractivity contribution in [1.82, 2.24) is 15.2 Å². The van der Waals surface area contributed by atoms with E-state index in [1.807, 2.05) is 0 Å². The molecule has 0 aliphatic heterocycles. The van der Waals surface area contributed by atoms with Gasteiger partial charge in [0, 0.05) is 11.8 Å². The number of nitrogen functional groups attached to an aromatic ring is 1. The summed E-state index contributed by atoms with van der Waals surface area (Å²) in [5, 5.41) is 8.02. The van der Waals surface area contributed by atoms with Crippen LogP contribution in [0.2, 0.25) is 10.0 Å². The Bertz CT molecular complexity index is 701. The molecule has 96 valence electrons. The van der Waals surface area contributed by atoms with Crippen molar-refractivity contribution in [2.75, 3.05) is 5.73 Å². The van der Waals surface area contributed by atoms with E-state index in [1.54, 1.807) is 29.9 Å². The number of hydrogen-bond acceptors (Lipinski definition) is 4. The van der Waals surface area contributed by atoms with Crippen LogP contribution in [0.5, 0.6) is 0 Å². The van der Waals surface area contributed by atoms with E-state index in [2.05, 4.69) is 15.2 Å². The van der Waals surface area contributed by atoms with Crippen molar-refractivity contribution in [3.8, 4) is 21.7 Å². The van der Waals surface area contributed by atoms with E-state index in [-0.39, 0.29) is 0 Å². The van der Waals surface area contributed by atoms with Gasteiger partial charge in [-0.05, 0) is 12.1 Å². The minimum atomic E-state index is 0.360. The molecular weight excluding hydrogens is 303 g/mol. The second-order valence-corrected chi connectivity index (χ2v) is 5.52. The highest BCUT2D eigenvalue weighted by Crippen LogP contribution is 2.42. The highest BCUT2D eigenvalue weighted by atomic mass is 35.5. The fourth-order valence-electron chi connectivity index (χ4n) is 1.86. The summed E-state index contributed by atoms with van der Waals surface area (Å²) in [7, 11) is 0. The lowest BCUT2D eigenvalue weighted by Crippen LogP contribution is -1.90. The molecule has 2 heterocycles. The Kier molecular flexibility index (Phi) is 3.18. The van der Waals surface area contributed by atoms with Gasteiger partial charge in [0.05, 0.1) is 31.7 Å². The number of rotatable bonds is 2. The standard InChI is InChI=1S/C12H8Cl2N4S/c13-6-2-1-3-7(14)9(6)10-11(17-18-12(10)15)8-4-16-5-19-8/h1-5H,(H3,15,17,18). The first-order valence-electron chi connectivity index (χ1n) is 5.35. The van der Waals surface area contributed by atoms with Gasteiger partial charge in [0.25, 0.3) is 0 Å². The van der Waals surface area contributed by atoms with E-state index in [4.69, 9.17) is 28.9 Å². The Morgan fingerprint density at radius 2 is 1.89 bits per heavy atom. The van der Waals surface area contributed by atoms with Crippen molar-refractivity contribution in [3.05, 3.63) is 40.0 Å². The molecular formula is C12H8Cl2N4S. The zero-order chi connectivity index (χ0) is 13.4. The number of anilines is 1. The van der Waals surface area contributed by atoms with E-state index in [1.165, 1.54) is 11.3 Å². The van der Waals surface area contributed by atoms with Crippen molar-refractivity contribution in [2.45, 2.75) is 0 Å². The maximum absolute atomic E-state index is 6.23. The summed E-state index contributed by atoms with van der Waals surface area (Å²) >= 11 is 14.0. The van der Waals surface area contributed by atoms with Crippen molar-refractivity contribution in [3.63, 3.8) is 0 Å². The van der Waals surface area contributed by atoms with Crippen molar-refractivity contribution in [1.29, 1.82) is 0 Å². The fourth-order valence-corrected chi connectivity index (χ4v) is 3.07. The predicted molar refractivity (Wildman–Crippen MR) is 79.6 cm³/mol. The van der Waals surface area contributed by atoms with Gasteiger partial charge in [-0.3, -0.25) is 10.1 Å². The number of aromatic amines is 1. The Hall–Kier alpha value is -1.56. The van der Waals surface area contributed by atoms with Crippen LogP contribution in [-0.2, 0) is 0 Å². The van der Waals surface area contributed by atoms with Crippen LogP contribution in [0.4, 0.5) is 5.82 Å². The number of H-pyrrole nitrogens is 1. The van der Waals surface area contributed by atoms with E-state index < -0.39 is 0 Å². The number of hydrogen-bond donors (Lipinski definition) is 2. The van der Waals surface area contributed by atoms with Crippen LogP contribution in [0.25, 0.3) is 21.7 Å². The average molecular weight is 311 g/mol. The number of benzene rings is 1. The number of thiazole rings is 1. The van der Waals surface area contributed by atoms with Gasteiger partial charge in [0.1, 0.15) is 0 Å². The molecule has 0 bridgehead atoms. The average Bonchev–Trinajstić information content (AvgIpc) is 2.99. The predicted octanol–water partition coefficient (Wildman–Crippen LogP) is 4.09. The van der Waals surface area contributed by atoms with Crippen LogP contribution in [-0.4, -0.2) is 15.2 Å². The van der Waals surface area contributed by atoms with Gasteiger partial charge in [0.15, 0.2) is 5.82 Å². The third-order valence-electron chi connectivity index (χ3n) is 2.69. The molecule has 0 aliphatic rings. The molecule has 2 aromatic heterocycles. The Balaban J connectivity index is 2.29. The normalized spacial score (nSPS) is 10.8. The smallest absolute Gasteiger partial charge is 0.153 e. The molecule has 3 rings (SSSR count). The molecule has 0 aliphatic carbocycles. The first-order valence-corrected chi connectivity index (χ1v) is 6.99. The number of nitrogens with one attached hydrogen (secondary N) is 1. The van der Waals surface area contributed by atoms with Gasteiger partial charge in [-0.25, -0.2) is 0 Å². The molecule has 1 aromatic carbocycles. The third kappa shape index (κ3) is 2.10. The van der Waals surface area contributed by atoms with Gasteiger partial charge >= 0.3 is 0 Å². The molecule has 0 spiro atoms. The Morgan fingerprint density at radius 1 is 1.16 bits per heavy atom. The maximum atomic E-state index is 6.23. The fraction of sp³-hybridized carbons (Fsp3) is 0. The Morgan fingerprint density at radius 3 is 2.53 bits per heavy atom. The van der Waals surface area contributed by atoms with E-state index in [0.29, 0.717) is 27.0 Å². The maximum Gasteiger partial charge on any atom is 0.153 e. The lowest BCUT2D eigenvalue weighted by atomic mass is 10.0. The second-order valence-electron chi connectivity index (χ2n) is 3.82. The molecule has 0 unspecified atom stereocenters. The largest absolute Gasteiger partial charge is 0.382 e. The van der Waals surface area contributed by atoms with Crippen LogP contribution >= 0.6 is 34.5 Å². The molecule has 4 nitrogen and oxygen atoms in total. The first kappa shape index (κ1) is 12.5. The molecule has 0 saturated carbocycles. The molecule has 0 radical (unpaired) electrons. The monoisotopic (exact) mass is 310 g/mol. The molecule has 3 aromatic rings. The molecule has 0 atom stereocenters. The zero-order valence-electron chi connectivity index (χ0n) is 9.52. The van der Waals surface area contributed by atoms with Gasteiger partial charge in [0.2, 0.25) is 0 Å². The molecule has 0 fully saturated rings. The minimum Gasteiger partial charge on any atom is -0.382 e. The first-order chi connectivity index (χ1) is 9.18. The van der Waals surface area contributed by atoms with Crippen LogP contribution in [0.3, 0.4) is 0 Å². The summed E-state index contributed by atoms with van der Waals surface area (Å²) in [5.74, 6) is 0.360. The number of nitrogens with two attached hydrogens (primary N) is 1. The molecule has 7 heteroatoms. The van der Waals surface area contributed by atoms with Crippen LogP contribution < -0.4 is 5.73 Å². The molecule has 0 saturated heterocycles. The molecule has 3 N–H and O–H groups in total. The van der Waals surface area contributed by atoms with Gasteiger partial charge in [-0.15, -0.1) is 11.3 Å². The second kappa shape index (κ2) is 4.85. The van der Waals surface area contributed by atoms with Crippen molar-refractivity contribution >= 4 is 40.4 Å². The van der Waals surface area contributed by atoms with Crippen LogP contribution in [0.15, 0.2) is 29.9 Å². The summed E-state index contributed by atoms with van der Waals surface area (Å²) in [6.07, 6.45) is 1.74. The van der Waals surface area contributed by atoms with Gasteiger partial charge < -0.3 is 5.73 Å². The summed E-state index contributed by atoms with van der Waals surface area (Å²) in [5.41, 5.74) is 9.84. The summed E-state index contributed by atoms with van der Waals surface area (Å²) < 4.78 is 0. The van der Waals surface area contributed by atoms with Gasteiger partial charge in [-0.2, -0.15) is 5.10 Å². The minimum absolute atomic E-state index is 0.360. The summed E-state index contributed by atoms with van der Waals surface area (Å²) in [4.78, 5) is 4.98. The number of aromatic nitrogens is 3. The topological polar surface area (TPSA) is 67.6 Å². The van der Waals surface area contributed by atoms with Gasteiger partial charge in [-0.1, -0.05) is 29.3 Å². The van der Waals surface area contributed by atoms with Crippen molar-refractivity contribution < 1.29 is 0 Å². The summed E-state index contributed by atoms with van der Waals surface area (Å²) in [6.45, 7) is 0. The quantitative estimate of drug-likeness (QED) is 0.749. The SMILES string of the molecule is Nc1n[nH]c(-c2cncs2)c1-c1c(Cl)cccc1Cl. The third-order valence-corrected chi connectivity index (χ3v) is 4.11. The van der Waals surface area contributed by atoms with E-state index in [0.717, 1.165) is 10.6 Å². The summed E-state index contributed by atoms with van der Waals surface area (Å²) in [6, 6.07) is 5.33. The van der Waals surface area contributed by atoms with Crippen molar-refractivity contribution in [2.24, 2.45) is 0 Å². The molecule has 0 amide bonds. The highest BCUT2D eigenvalue weighted by Gasteiger charge is 2.20. The number of halogens is 2. The molecule has 19 heavy (non-hydrogen) atoms. The Labute approximate surface area is 123 Å². The highest BCUT2D eigenvalue weighted by molar-refractivity contribution is 7.13. The zero-order valence-corrected chi connectivity index (χ0v) is 11.9. The lowest BCUT2D eigenvalue weighted by molar-refractivity contribution is 1.10. The van der Waals surface area contributed by atoms with Crippen LogP contribution in [0, 0.1) is 0 Å². The van der Waals surface area contributed by atoms with E-state index >= 15 is 0 Å². The van der Waals surface area contributed by atoms with E-state index in [9.17, 15) is 0 Å². The van der Waals surface area contributed by atoms with Crippen LogP contribution in [0.1, 0.15) is 0 Å². The number of nitrogens with zero attached hydrogens (tertiary/aromatic N) is 2.